The van der Waals surface area contributed by atoms with Crippen molar-refractivity contribution in [1.82, 2.24) is 15.4 Å². The standard InChI is InChI=1S/C17H18N4O2/c1-11-16(12(2)23-20-11)13-3-5-14(6-4-13)17(22)19-15-7-8-21(9-15)10-18/h3-6,15H,7-9H2,1-2H3,(H,19,22)/t15-/m1/s1. The van der Waals surface area contributed by atoms with E-state index in [9.17, 15) is 4.79 Å². The van der Waals surface area contributed by atoms with Crippen LogP contribution >= 0.6 is 0 Å². The van der Waals surface area contributed by atoms with Gasteiger partial charge in [-0.2, -0.15) is 5.26 Å². The van der Waals surface area contributed by atoms with E-state index in [2.05, 4.69) is 16.7 Å². The van der Waals surface area contributed by atoms with Gasteiger partial charge in [-0.1, -0.05) is 17.3 Å². The van der Waals surface area contributed by atoms with Crippen molar-refractivity contribution < 1.29 is 9.32 Å². The van der Waals surface area contributed by atoms with Gasteiger partial charge in [0.1, 0.15) is 5.76 Å². The minimum atomic E-state index is -0.111. The summed E-state index contributed by atoms with van der Waals surface area (Å²) in [7, 11) is 0. The lowest BCUT2D eigenvalue weighted by atomic mass is 10.0. The van der Waals surface area contributed by atoms with Gasteiger partial charge in [-0.15, -0.1) is 0 Å². The maximum absolute atomic E-state index is 12.3. The summed E-state index contributed by atoms with van der Waals surface area (Å²) in [6, 6.07) is 7.43. The quantitative estimate of drug-likeness (QED) is 0.879. The van der Waals surface area contributed by atoms with Crippen molar-refractivity contribution in [2.75, 3.05) is 13.1 Å². The van der Waals surface area contributed by atoms with Gasteiger partial charge in [0.05, 0.1) is 5.69 Å². The van der Waals surface area contributed by atoms with E-state index in [4.69, 9.17) is 9.78 Å². The van der Waals surface area contributed by atoms with Crippen LogP contribution in [0.4, 0.5) is 0 Å². The molecule has 1 aliphatic rings. The van der Waals surface area contributed by atoms with Crippen molar-refractivity contribution in [3.05, 3.63) is 41.3 Å². The van der Waals surface area contributed by atoms with Crippen LogP contribution < -0.4 is 5.32 Å². The molecular weight excluding hydrogens is 292 g/mol. The van der Waals surface area contributed by atoms with E-state index in [1.165, 1.54) is 0 Å². The first-order valence-corrected chi connectivity index (χ1v) is 7.57. The molecule has 3 rings (SSSR count). The number of carbonyl (C=O) groups excluding carboxylic acids is 1. The molecule has 0 saturated carbocycles. The number of hydrogen-bond acceptors (Lipinski definition) is 5. The van der Waals surface area contributed by atoms with Crippen molar-refractivity contribution in [1.29, 1.82) is 5.26 Å². The number of carbonyl (C=O) groups is 1. The Morgan fingerprint density at radius 1 is 1.39 bits per heavy atom. The van der Waals surface area contributed by atoms with Gasteiger partial charge in [0.2, 0.25) is 0 Å². The molecule has 1 aromatic carbocycles. The van der Waals surface area contributed by atoms with Crippen LogP contribution in [0.3, 0.4) is 0 Å². The van der Waals surface area contributed by atoms with Gasteiger partial charge >= 0.3 is 0 Å². The number of nitriles is 1. The highest BCUT2D eigenvalue weighted by molar-refractivity contribution is 5.95. The molecule has 0 unspecified atom stereocenters. The third-order valence-electron chi connectivity index (χ3n) is 4.13. The Labute approximate surface area is 134 Å². The third kappa shape index (κ3) is 3.04. The smallest absolute Gasteiger partial charge is 0.251 e. The van der Waals surface area contributed by atoms with Gasteiger partial charge in [-0.25, -0.2) is 0 Å². The summed E-state index contributed by atoms with van der Waals surface area (Å²) in [5, 5.41) is 15.8. The Morgan fingerprint density at radius 3 is 2.70 bits per heavy atom. The predicted octanol–water partition coefficient (Wildman–Crippen LogP) is 2.24. The summed E-state index contributed by atoms with van der Waals surface area (Å²) in [4.78, 5) is 13.9. The maximum Gasteiger partial charge on any atom is 0.251 e. The summed E-state index contributed by atoms with van der Waals surface area (Å²) in [5.41, 5.74) is 3.39. The Bertz CT molecular complexity index is 738. The molecule has 1 amide bonds. The second kappa shape index (κ2) is 6.13. The summed E-state index contributed by atoms with van der Waals surface area (Å²) in [6.45, 7) is 5.05. The minimum Gasteiger partial charge on any atom is -0.361 e. The highest BCUT2D eigenvalue weighted by Gasteiger charge is 2.23. The lowest BCUT2D eigenvalue weighted by Crippen LogP contribution is -2.36. The van der Waals surface area contributed by atoms with Crippen LogP contribution in [0.25, 0.3) is 11.1 Å². The van der Waals surface area contributed by atoms with Crippen LogP contribution in [0.1, 0.15) is 28.2 Å². The summed E-state index contributed by atoms with van der Waals surface area (Å²) < 4.78 is 5.18. The predicted molar refractivity (Wildman–Crippen MR) is 84.5 cm³/mol. The molecule has 0 spiro atoms. The molecule has 118 valence electrons. The molecule has 2 heterocycles. The van der Waals surface area contributed by atoms with Gasteiger partial charge in [0.15, 0.2) is 6.19 Å². The highest BCUT2D eigenvalue weighted by Crippen LogP contribution is 2.26. The van der Waals surface area contributed by atoms with E-state index in [1.807, 2.05) is 26.0 Å². The molecule has 1 atom stereocenters. The molecule has 1 saturated heterocycles. The highest BCUT2D eigenvalue weighted by atomic mass is 16.5. The number of aromatic nitrogens is 1. The number of rotatable bonds is 3. The average molecular weight is 310 g/mol. The van der Waals surface area contributed by atoms with Gasteiger partial charge in [-0.3, -0.25) is 4.79 Å². The number of aryl methyl sites for hydroxylation is 2. The average Bonchev–Trinajstić information content (AvgIpc) is 3.14. The van der Waals surface area contributed by atoms with Crippen LogP contribution in [-0.4, -0.2) is 35.1 Å². The van der Waals surface area contributed by atoms with Crippen LogP contribution in [0.5, 0.6) is 0 Å². The van der Waals surface area contributed by atoms with Crippen molar-refractivity contribution in [3.63, 3.8) is 0 Å². The summed E-state index contributed by atoms with van der Waals surface area (Å²) >= 11 is 0. The van der Waals surface area contributed by atoms with Crippen LogP contribution in [-0.2, 0) is 0 Å². The van der Waals surface area contributed by atoms with Crippen LogP contribution in [0.2, 0.25) is 0 Å². The molecule has 2 aromatic rings. The van der Waals surface area contributed by atoms with E-state index in [1.54, 1.807) is 17.0 Å². The van der Waals surface area contributed by atoms with Gasteiger partial charge in [0, 0.05) is 30.3 Å². The van der Waals surface area contributed by atoms with Gasteiger partial charge in [-0.05, 0) is 38.0 Å². The molecule has 1 aromatic heterocycles. The maximum atomic E-state index is 12.3. The number of hydrogen-bond donors (Lipinski definition) is 1. The molecule has 23 heavy (non-hydrogen) atoms. The summed E-state index contributed by atoms with van der Waals surface area (Å²) in [5.74, 6) is 0.655. The molecule has 1 N–H and O–H groups in total. The number of likely N-dealkylation sites (tertiary alicyclic amines) is 1. The lowest BCUT2D eigenvalue weighted by molar-refractivity contribution is 0.0939. The monoisotopic (exact) mass is 310 g/mol. The molecule has 0 aliphatic carbocycles. The Balaban J connectivity index is 1.70. The number of benzene rings is 1. The van der Waals surface area contributed by atoms with Crippen molar-refractivity contribution in [2.24, 2.45) is 0 Å². The molecule has 0 radical (unpaired) electrons. The Hall–Kier alpha value is -2.81. The fourth-order valence-electron chi connectivity index (χ4n) is 2.92. The molecule has 0 bridgehead atoms. The first-order valence-electron chi connectivity index (χ1n) is 7.57. The van der Waals surface area contributed by atoms with Crippen molar-refractivity contribution in [2.45, 2.75) is 26.3 Å². The molecule has 6 heteroatoms. The Morgan fingerprint density at radius 2 is 2.13 bits per heavy atom. The molecule has 1 aliphatic heterocycles. The first-order chi connectivity index (χ1) is 11.1. The largest absolute Gasteiger partial charge is 0.361 e. The molecule has 1 fully saturated rings. The zero-order valence-corrected chi connectivity index (χ0v) is 13.2. The second-order valence-electron chi connectivity index (χ2n) is 5.78. The molecule has 6 nitrogen and oxygen atoms in total. The van der Waals surface area contributed by atoms with Crippen molar-refractivity contribution in [3.8, 4) is 17.3 Å². The van der Waals surface area contributed by atoms with Gasteiger partial charge in [0.25, 0.3) is 5.91 Å². The first kappa shape index (κ1) is 15.1. The zero-order chi connectivity index (χ0) is 16.4. The fourth-order valence-corrected chi connectivity index (χ4v) is 2.92. The zero-order valence-electron chi connectivity index (χ0n) is 13.2. The SMILES string of the molecule is Cc1noc(C)c1-c1ccc(C(=O)N[C@@H]2CCN(C#N)C2)cc1. The van der Waals surface area contributed by atoms with Crippen LogP contribution in [0, 0.1) is 25.3 Å². The van der Waals surface area contributed by atoms with E-state index in [0.717, 1.165) is 29.0 Å². The van der Waals surface area contributed by atoms with E-state index in [0.29, 0.717) is 18.7 Å². The van der Waals surface area contributed by atoms with E-state index < -0.39 is 0 Å². The van der Waals surface area contributed by atoms with Gasteiger partial charge < -0.3 is 14.7 Å². The normalized spacial score (nSPS) is 17.1. The van der Waals surface area contributed by atoms with Crippen molar-refractivity contribution >= 4 is 5.91 Å². The number of amides is 1. The van der Waals surface area contributed by atoms with Crippen LogP contribution in [0.15, 0.2) is 28.8 Å². The van der Waals surface area contributed by atoms with E-state index in [-0.39, 0.29) is 11.9 Å². The number of nitrogens with zero attached hydrogens (tertiary/aromatic N) is 3. The van der Waals surface area contributed by atoms with E-state index >= 15 is 0 Å². The third-order valence-corrected chi connectivity index (χ3v) is 4.13. The summed E-state index contributed by atoms with van der Waals surface area (Å²) in [6.07, 6.45) is 2.91. The topological polar surface area (TPSA) is 82.2 Å². The Kier molecular flexibility index (Phi) is 4.02. The number of nitrogens with one attached hydrogen (secondary N) is 1. The minimum absolute atomic E-state index is 0.0318. The molecular formula is C17H18N4O2. The second-order valence-corrected chi connectivity index (χ2v) is 5.78. The fraction of sp³-hybridized carbons (Fsp3) is 0.353. The lowest BCUT2D eigenvalue weighted by Gasteiger charge is -2.12.